The number of aromatic nitrogens is 2. The minimum Gasteiger partial charge on any atom is -0.383 e. The fourth-order valence-corrected chi connectivity index (χ4v) is 1.38. The van der Waals surface area contributed by atoms with Gasteiger partial charge < -0.3 is 10.1 Å². The zero-order chi connectivity index (χ0) is 12.7. The van der Waals surface area contributed by atoms with E-state index in [1.54, 1.807) is 18.0 Å². The molecule has 0 aliphatic carbocycles. The number of methoxy groups -OCH3 is 1. The Hall–Kier alpha value is -1.60. The lowest BCUT2D eigenvalue weighted by molar-refractivity contribution is 0.179. The molecule has 0 saturated carbocycles. The molecule has 1 atom stereocenters. The van der Waals surface area contributed by atoms with E-state index in [2.05, 4.69) is 20.8 Å². The van der Waals surface area contributed by atoms with Crippen molar-refractivity contribution in [2.45, 2.75) is 19.5 Å². The van der Waals surface area contributed by atoms with Gasteiger partial charge in [0.1, 0.15) is 0 Å². The van der Waals surface area contributed by atoms with Crippen LogP contribution in [0.2, 0.25) is 0 Å². The van der Waals surface area contributed by atoms with Crippen LogP contribution < -0.4 is 16.6 Å². The van der Waals surface area contributed by atoms with Crippen molar-refractivity contribution in [2.75, 3.05) is 13.7 Å². The number of aryl methyl sites for hydroxylation is 1. The highest BCUT2D eigenvalue weighted by Crippen LogP contribution is 1.98. The van der Waals surface area contributed by atoms with Gasteiger partial charge in [0.2, 0.25) is 5.96 Å². The number of aliphatic imine (C=N–C) groups is 1. The van der Waals surface area contributed by atoms with Gasteiger partial charge in [-0.15, -0.1) is 0 Å². The first-order chi connectivity index (χ1) is 8.15. The van der Waals surface area contributed by atoms with Gasteiger partial charge >= 0.3 is 0 Å². The Balaban J connectivity index is 2.49. The van der Waals surface area contributed by atoms with Crippen LogP contribution >= 0.6 is 0 Å². The summed E-state index contributed by atoms with van der Waals surface area (Å²) < 4.78 is 6.75. The SMILES string of the molecule is COCC(C)NC(=NCc1cnn(C)c1)NN. The third kappa shape index (κ3) is 4.83. The predicted molar refractivity (Wildman–Crippen MR) is 66.1 cm³/mol. The Morgan fingerprint density at radius 2 is 2.47 bits per heavy atom. The lowest BCUT2D eigenvalue weighted by Crippen LogP contribution is -2.46. The lowest BCUT2D eigenvalue weighted by Gasteiger charge is -2.15. The number of hydrazine groups is 1. The first kappa shape index (κ1) is 13.5. The van der Waals surface area contributed by atoms with E-state index < -0.39 is 0 Å². The molecule has 1 heterocycles. The highest BCUT2D eigenvalue weighted by molar-refractivity contribution is 5.79. The fourth-order valence-electron chi connectivity index (χ4n) is 1.38. The van der Waals surface area contributed by atoms with Gasteiger partial charge in [-0.25, -0.2) is 10.8 Å². The van der Waals surface area contributed by atoms with Crippen LogP contribution in [0.4, 0.5) is 0 Å². The Labute approximate surface area is 101 Å². The van der Waals surface area contributed by atoms with Gasteiger partial charge in [0, 0.05) is 32.0 Å². The van der Waals surface area contributed by atoms with E-state index in [1.165, 1.54) is 0 Å². The van der Waals surface area contributed by atoms with Gasteiger partial charge in [-0.05, 0) is 6.92 Å². The van der Waals surface area contributed by atoms with Crippen LogP contribution in [-0.4, -0.2) is 35.5 Å². The zero-order valence-corrected chi connectivity index (χ0v) is 10.5. The quantitative estimate of drug-likeness (QED) is 0.276. The molecule has 0 radical (unpaired) electrons. The fraction of sp³-hybridized carbons (Fsp3) is 0.600. The molecule has 1 aromatic rings. The van der Waals surface area contributed by atoms with E-state index >= 15 is 0 Å². The van der Waals surface area contributed by atoms with Gasteiger partial charge in [-0.3, -0.25) is 10.1 Å². The summed E-state index contributed by atoms with van der Waals surface area (Å²) in [4.78, 5) is 4.31. The Kier molecular flexibility index (Phi) is 5.44. The number of hydrogen-bond acceptors (Lipinski definition) is 4. The molecule has 0 saturated heterocycles. The van der Waals surface area contributed by atoms with E-state index in [0.29, 0.717) is 19.1 Å². The second-order valence-electron chi connectivity index (χ2n) is 3.83. The molecular weight excluding hydrogens is 220 g/mol. The van der Waals surface area contributed by atoms with Crippen LogP contribution in [-0.2, 0) is 18.3 Å². The molecular formula is C10H20N6O. The van der Waals surface area contributed by atoms with Crippen LogP contribution in [0.25, 0.3) is 0 Å². The maximum Gasteiger partial charge on any atom is 0.206 e. The highest BCUT2D eigenvalue weighted by Gasteiger charge is 2.03. The molecule has 7 heteroatoms. The van der Waals surface area contributed by atoms with Crippen molar-refractivity contribution in [2.24, 2.45) is 17.9 Å². The summed E-state index contributed by atoms with van der Waals surface area (Å²) in [6.07, 6.45) is 3.69. The molecule has 4 N–H and O–H groups in total. The van der Waals surface area contributed by atoms with Gasteiger partial charge in [0.15, 0.2) is 0 Å². The minimum absolute atomic E-state index is 0.142. The second-order valence-corrected chi connectivity index (χ2v) is 3.83. The predicted octanol–water partition coefficient (Wildman–Crippen LogP) is -0.636. The maximum absolute atomic E-state index is 5.38. The Morgan fingerprint density at radius 3 is 3.00 bits per heavy atom. The molecule has 96 valence electrons. The van der Waals surface area contributed by atoms with Gasteiger partial charge in [0.05, 0.1) is 19.3 Å². The van der Waals surface area contributed by atoms with E-state index in [0.717, 1.165) is 5.56 Å². The number of nitrogens with two attached hydrogens (primary N) is 1. The molecule has 1 unspecified atom stereocenters. The summed E-state index contributed by atoms with van der Waals surface area (Å²) in [5.41, 5.74) is 3.55. The van der Waals surface area contributed by atoms with E-state index in [-0.39, 0.29) is 6.04 Å². The molecule has 1 aromatic heterocycles. The summed E-state index contributed by atoms with van der Waals surface area (Å²) in [5.74, 6) is 5.92. The van der Waals surface area contributed by atoms with E-state index in [4.69, 9.17) is 10.6 Å². The minimum atomic E-state index is 0.142. The monoisotopic (exact) mass is 240 g/mol. The lowest BCUT2D eigenvalue weighted by atomic mass is 10.3. The second kappa shape index (κ2) is 6.87. The zero-order valence-electron chi connectivity index (χ0n) is 10.5. The summed E-state index contributed by atoms with van der Waals surface area (Å²) in [5, 5.41) is 7.17. The standard InChI is InChI=1S/C10H20N6O/c1-8(7-17-3)14-10(15-11)12-4-9-5-13-16(2)6-9/h5-6,8H,4,7,11H2,1-3H3,(H2,12,14,15). The number of nitrogens with zero attached hydrogens (tertiary/aromatic N) is 3. The number of nitrogens with one attached hydrogen (secondary N) is 2. The first-order valence-electron chi connectivity index (χ1n) is 5.39. The van der Waals surface area contributed by atoms with Crippen molar-refractivity contribution < 1.29 is 4.74 Å². The van der Waals surface area contributed by atoms with Gasteiger partial charge in [0.25, 0.3) is 0 Å². The average molecular weight is 240 g/mol. The molecule has 0 amide bonds. The van der Waals surface area contributed by atoms with Crippen LogP contribution in [0.3, 0.4) is 0 Å². The van der Waals surface area contributed by atoms with Crippen molar-refractivity contribution in [3.05, 3.63) is 18.0 Å². The van der Waals surface area contributed by atoms with Gasteiger partial charge in [-0.1, -0.05) is 0 Å². The van der Waals surface area contributed by atoms with Crippen molar-refractivity contribution in [3.63, 3.8) is 0 Å². The molecule has 0 aliphatic heterocycles. The average Bonchev–Trinajstić information content (AvgIpc) is 2.70. The molecule has 1 rings (SSSR count). The van der Waals surface area contributed by atoms with Crippen LogP contribution in [0.15, 0.2) is 17.4 Å². The molecule has 0 bridgehead atoms. The van der Waals surface area contributed by atoms with Crippen molar-refractivity contribution in [1.82, 2.24) is 20.5 Å². The third-order valence-corrected chi connectivity index (χ3v) is 2.11. The Morgan fingerprint density at radius 1 is 1.71 bits per heavy atom. The number of guanidine groups is 1. The Bertz CT molecular complexity index is 361. The summed E-state index contributed by atoms with van der Waals surface area (Å²) in [7, 11) is 3.52. The molecule has 0 aromatic carbocycles. The largest absolute Gasteiger partial charge is 0.383 e. The van der Waals surface area contributed by atoms with Crippen LogP contribution in [0, 0.1) is 0 Å². The molecule has 7 nitrogen and oxygen atoms in total. The van der Waals surface area contributed by atoms with Crippen molar-refractivity contribution >= 4 is 5.96 Å². The smallest absolute Gasteiger partial charge is 0.206 e. The van der Waals surface area contributed by atoms with Crippen LogP contribution in [0.5, 0.6) is 0 Å². The number of hydrogen-bond donors (Lipinski definition) is 3. The maximum atomic E-state index is 5.38. The molecule has 0 fully saturated rings. The van der Waals surface area contributed by atoms with E-state index in [1.807, 2.05) is 20.2 Å². The summed E-state index contributed by atoms with van der Waals surface area (Å²) in [6.45, 7) is 3.11. The van der Waals surface area contributed by atoms with Crippen LogP contribution in [0.1, 0.15) is 12.5 Å². The first-order valence-corrected chi connectivity index (χ1v) is 5.39. The van der Waals surface area contributed by atoms with Crippen molar-refractivity contribution in [3.8, 4) is 0 Å². The van der Waals surface area contributed by atoms with Gasteiger partial charge in [-0.2, -0.15) is 5.10 Å². The number of rotatable bonds is 5. The number of ether oxygens (including phenoxy) is 1. The molecule has 17 heavy (non-hydrogen) atoms. The van der Waals surface area contributed by atoms with Crippen molar-refractivity contribution in [1.29, 1.82) is 0 Å². The normalized spacial score (nSPS) is 13.5. The third-order valence-electron chi connectivity index (χ3n) is 2.11. The topological polar surface area (TPSA) is 89.5 Å². The molecule has 0 spiro atoms. The summed E-state index contributed by atoms with van der Waals surface area (Å²) in [6, 6.07) is 0.142. The molecule has 0 aliphatic rings. The summed E-state index contributed by atoms with van der Waals surface area (Å²) >= 11 is 0. The van der Waals surface area contributed by atoms with E-state index in [9.17, 15) is 0 Å². The highest BCUT2D eigenvalue weighted by atomic mass is 16.5.